The summed E-state index contributed by atoms with van der Waals surface area (Å²) in [5, 5.41) is 0.483. The molecule has 0 aliphatic heterocycles. The van der Waals surface area contributed by atoms with Crippen LogP contribution in [-0.2, 0) is 14.8 Å². The maximum absolute atomic E-state index is 12.6. The molecule has 1 aromatic heterocycles. The molecule has 7 nitrogen and oxygen atoms in total. The number of esters is 1. The van der Waals surface area contributed by atoms with Gasteiger partial charge in [0.25, 0.3) is 0 Å². The minimum Gasteiger partial charge on any atom is -0.425 e. The average molecular weight is 415 g/mol. The Bertz CT molecular complexity index is 1240. The number of aryl methyl sites for hydroxylation is 3. The second-order valence-corrected chi connectivity index (χ2v) is 8.68. The first-order valence-electron chi connectivity index (χ1n) is 8.92. The molecule has 0 bridgehead atoms. The molecule has 1 N–H and O–H groups in total. The van der Waals surface area contributed by atoms with Crippen LogP contribution in [-0.4, -0.2) is 20.4 Å². The predicted molar refractivity (Wildman–Crippen MR) is 109 cm³/mol. The zero-order chi connectivity index (χ0) is 21.3. The van der Waals surface area contributed by atoms with E-state index in [4.69, 9.17) is 9.15 Å². The first kappa shape index (κ1) is 20.8. The van der Waals surface area contributed by atoms with Gasteiger partial charge in [-0.3, -0.25) is 0 Å². The van der Waals surface area contributed by atoms with E-state index in [9.17, 15) is 18.0 Å². The summed E-state index contributed by atoms with van der Waals surface area (Å²) in [6.45, 7) is 6.72. The van der Waals surface area contributed by atoms with E-state index in [1.807, 2.05) is 6.92 Å². The van der Waals surface area contributed by atoms with E-state index < -0.39 is 27.7 Å². The molecule has 0 unspecified atom stereocenters. The van der Waals surface area contributed by atoms with Crippen LogP contribution in [0.3, 0.4) is 0 Å². The van der Waals surface area contributed by atoms with Gasteiger partial charge in [0.1, 0.15) is 17.4 Å². The Morgan fingerprint density at radius 1 is 1.03 bits per heavy atom. The third kappa shape index (κ3) is 4.55. The fraction of sp³-hybridized carbons (Fsp3) is 0.238. The van der Waals surface area contributed by atoms with Crippen LogP contribution in [0.25, 0.3) is 11.0 Å². The van der Waals surface area contributed by atoms with Crippen molar-refractivity contribution in [3.05, 3.63) is 69.6 Å². The fourth-order valence-corrected chi connectivity index (χ4v) is 4.11. The van der Waals surface area contributed by atoms with Crippen molar-refractivity contribution in [2.75, 3.05) is 0 Å². The van der Waals surface area contributed by atoms with Gasteiger partial charge in [0, 0.05) is 6.07 Å². The number of hydrogen-bond donors (Lipinski definition) is 1. The fourth-order valence-electron chi connectivity index (χ4n) is 2.92. The zero-order valence-electron chi connectivity index (χ0n) is 16.5. The van der Waals surface area contributed by atoms with Gasteiger partial charge in [-0.1, -0.05) is 17.7 Å². The minimum absolute atomic E-state index is 0.0568. The lowest BCUT2D eigenvalue weighted by atomic mass is 10.1. The molecule has 0 aliphatic rings. The minimum atomic E-state index is -3.89. The molecule has 0 saturated carbocycles. The lowest BCUT2D eigenvalue weighted by Crippen LogP contribution is -2.40. The van der Waals surface area contributed by atoms with Crippen LogP contribution in [0, 0.1) is 20.8 Å². The van der Waals surface area contributed by atoms with Gasteiger partial charge >= 0.3 is 11.6 Å². The standard InChI is InChI=1S/C21H21NO6S/c1-12-5-7-16(8-6-12)29(25,26)22-15(4)21(24)28-18-10-13(2)9-17-20(18)14(3)11-19(23)27-17/h5-11,15,22H,1-4H3/t15-/m1/s1. The van der Waals surface area contributed by atoms with Gasteiger partial charge in [-0.05, 0) is 63.1 Å². The number of hydrogen-bond acceptors (Lipinski definition) is 6. The molecule has 8 heteroatoms. The van der Waals surface area contributed by atoms with Crippen LogP contribution >= 0.6 is 0 Å². The van der Waals surface area contributed by atoms with Crippen molar-refractivity contribution in [1.29, 1.82) is 0 Å². The summed E-state index contributed by atoms with van der Waals surface area (Å²) in [5.41, 5.74) is 2.03. The van der Waals surface area contributed by atoms with Crippen LogP contribution in [0.4, 0.5) is 0 Å². The predicted octanol–water partition coefficient (Wildman–Crippen LogP) is 2.99. The summed E-state index contributed by atoms with van der Waals surface area (Å²) in [5.74, 6) is -0.578. The van der Waals surface area contributed by atoms with Gasteiger partial charge in [-0.15, -0.1) is 0 Å². The highest BCUT2D eigenvalue weighted by molar-refractivity contribution is 7.89. The Labute approximate surface area is 168 Å². The lowest BCUT2D eigenvalue weighted by molar-refractivity contribution is -0.135. The highest BCUT2D eigenvalue weighted by atomic mass is 32.2. The Kier molecular flexibility index (Phi) is 5.59. The first-order chi connectivity index (χ1) is 13.6. The quantitative estimate of drug-likeness (QED) is 0.390. The van der Waals surface area contributed by atoms with Crippen molar-refractivity contribution >= 4 is 27.0 Å². The lowest BCUT2D eigenvalue weighted by Gasteiger charge is -2.15. The van der Waals surface area contributed by atoms with E-state index >= 15 is 0 Å². The molecule has 152 valence electrons. The molecule has 0 radical (unpaired) electrons. The molecule has 29 heavy (non-hydrogen) atoms. The second kappa shape index (κ2) is 7.81. The number of carbonyl (C=O) groups excluding carboxylic acids is 1. The van der Waals surface area contributed by atoms with Crippen molar-refractivity contribution in [3.8, 4) is 5.75 Å². The van der Waals surface area contributed by atoms with E-state index in [0.717, 1.165) is 11.1 Å². The van der Waals surface area contributed by atoms with Crippen molar-refractivity contribution in [2.45, 2.75) is 38.6 Å². The highest BCUT2D eigenvalue weighted by Gasteiger charge is 2.24. The monoisotopic (exact) mass is 415 g/mol. The highest BCUT2D eigenvalue weighted by Crippen LogP contribution is 2.29. The molecule has 0 spiro atoms. The van der Waals surface area contributed by atoms with Gasteiger partial charge in [0.05, 0.1) is 10.3 Å². The number of nitrogens with one attached hydrogen (secondary N) is 1. The number of fused-ring (bicyclic) bond motifs is 1. The van der Waals surface area contributed by atoms with Gasteiger partial charge < -0.3 is 9.15 Å². The van der Waals surface area contributed by atoms with Crippen LogP contribution in [0.5, 0.6) is 5.75 Å². The molecule has 0 aliphatic carbocycles. The first-order valence-corrected chi connectivity index (χ1v) is 10.4. The SMILES string of the molecule is Cc1ccc(S(=O)(=O)N[C@H](C)C(=O)Oc2cc(C)cc3oc(=O)cc(C)c23)cc1. The molecule has 2 aromatic carbocycles. The summed E-state index contributed by atoms with van der Waals surface area (Å²) in [4.78, 5) is 24.2. The Balaban J connectivity index is 1.86. The van der Waals surface area contributed by atoms with E-state index in [2.05, 4.69) is 4.72 Å². The van der Waals surface area contributed by atoms with Crippen molar-refractivity contribution < 1.29 is 22.4 Å². The smallest absolute Gasteiger partial charge is 0.336 e. The van der Waals surface area contributed by atoms with E-state index in [1.54, 1.807) is 38.1 Å². The van der Waals surface area contributed by atoms with Crippen molar-refractivity contribution in [1.82, 2.24) is 4.72 Å². The summed E-state index contributed by atoms with van der Waals surface area (Å²) >= 11 is 0. The molecule has 1 heterocycles. The molecular formula is C21H21NO6S. The summed E-state index contributed by atoms with van der Waals surface area (Å²) in [6, 6.07) is 9.76. The van der Waals surface area contributed by atoms with Crippen molar-refractivity contribution in [3.63, 3.8) is 0 Å². The molecule has 3 aromatic rings. The molecular weight excluding hydrogens is 394 g/mol. The van der Waals surface area contributed by atoms with Crippen LogP contribution < -0.4 is 15.1 Å². The Hall–Kier alpha value is -2.97. The van der Waals surface area contributed by atoms with E-state index in [1.165, 1.54) is 25.1 Å². The Morgan fingerprint density at radius 2 is 1.69 bits per heavy atom. The number of sulfonamides is 1. The van der Waals surface area contributed by atoms with E-state index in [-0.39, 0.29) is 10.6 Å². The summed E-state index contributed by atoms with van der Waals surface area (Å²) in [6.07, 6.45) is 0. The van der Waals surface area contributed by atoms with E-state index in [0.29, 0.717) is 16.5 Å². The third-order valence-corrected chi connectivity index (χ3v) is 5.93. The largest absolute Gasteiger partial charge is 0.425 e. The summed E-state index contributed by atoms with van der Waals surface area (Å²) < 4.78 is 38.0. The number of carbonyl (C=O) groups is 1. The summed E-state index contributed by atoms with van der Waals surface area (Å²) in [7, 11) is -3.89. The molecule has 0 fully saturated rings. The van der Waals surface area contributed by atoms with Gasteiger partial charge in [0.2, 0.25) is 10.0 Å². The number of benzene rings is 2. The molecule has 3 rings (SSSR count). The van der Waals surface area contributed by atoms with Gasteiger partial charge in [-0.25, -0.2) is 18.0 Å². The van der Waals surface area contributed by atoms with Crippen LogP contribution in [0.2, 0.25) is 0 Å². The molecule has 0 amide bonds. The maximum atomic E-state index is 12.6. The van der Waals surface area contributed by atoms with Gasteiger partial charge in [0.15, 0.2) is 0 Å². The Morgan fingerprint density at radius 3 is 2.34 bits per heavy atom. The third-order valence-electron chi connectivity index (χ3n) is 4.38. The maximum Gasteiger partial charge on any atom is 0.336 e. The number of rotatable bonds is 5. The van der Waals surface area contributed by atoms with Crippen LogP contribution in [0.15, 0.2) is 56.6 Å². The molecule has 0 saturated heterocycles. The van der Waals surface area contributed by atoms with Crippen LogP contribution in [0.1, 0.15) is 23.6 Å². The zero-order valence-corrected chi connectivity index (χ0v) is 17.3. The topological polar surface area (TPSA) is 103 Å². The second-order valence-electron chi connectivity index (χ2n) is 6.96. The van der Waals surface area contributed by atoms with Crippen molar-refractivity contribution in [2.24, 2.45) is 0 Å². The average Bonchev–Trinajstić information content (AvgIpc) is 2.60. The number of ether oxygens (including phenoxy) is 1. The normalized spacial score (nSPS) is 12.7. The molecule has 1 atom stereocenters. The van der Waals surface area contributed by atoms with Gasteiger partial charge in [-0.2, -0.15) is 4.72 Å².